The van der Waals surface area contributed by atoms with Gasteiger partial charge in [-0.05, 0) is 37.0 Å². The fourth-order valence-corrected chi connectivity index (χ4v) is 2.28. The Hall–Kier alpha value is -2.08. The number of aliphatic imine (C=N–C) groups is 1. The van der Waals surface area contributed by atoms with Gasteiger partial charge in [-0.25, -0.2) is 4.99 Å². The van der Waals surface area contributed by atoms with Crippen molar-refractivity contribution in [2.24, 2.45) is 4.99 Å². The molecule has 0 aromatic heterocycles. The van der Waals surface area contributed by atoms with Crippen molar-refractivity contribution in [1.29, 1.82) is 0 Å². The van der Waals surface area contributed by atoms with Gasteiger partial charge in [0.1, 0.15) is 6.54 Å². The van der Waals surface area contributed by atoms with E-state index in [2.05, 4.69) is 47.7 Å². The van der Waals surface area contributed by atoms with E-state index in [-0.39, 0.29) is 12.5 Å². The fraction of sp³-hybridized carbons (Fsp3) is 0.556. The van der Waals surface area contributed by atoms with Gasteiger partial charge in [0.15, 0.2) is 5.96 Å². The minimum absolute atomic E-state index is 0.0300. The summed E-state index contributed by atoms with van der Waals surface area (Å²) in [5.74, 6) is 0.603. The largest absolute Gasteiger partial charge is 0.383 e. The number of likely N-dealkylation sites (N-methyl/N-ethyl adjacent to an activating group) is 1. The normalized spacial score (nSPS) is 11.3. The summed E-state index contributed by atoms with van der Waals surface area (Å²) in [6.45, 7) is 6.36. The van der Waals surface area contributed by atoms with Crippen molar-refractivity contribution in [1.82, 2.24) is 15.5 Å². The topological polar surface area (TPSA) is 66.0 Å². The molecule has 0 saturated carbocycles. The molecule has 1 rings (SSSR count). The summed E-state index contributed by atoms with van der Waals surface area (Å²) >= 11 is 0. The van der Waals surface area contributed by atoms with E-state index in [1.807, 2.05) is 0 Å². The van der Waals surface area contributed by atoms with Crippen LogP contribution in [0.3, 0.4) is 0 Å². The molecule has 0 atom stereocenters. The Kier molecular flexibility index (Phi) is 8.86. The van der Waals surface area contributed by atoms with Gasteiger partial charge in [0.25, 0.3) is 0 Å². The standard InChI is InChI=1S/C18H30N4O2/c1-14-7-6-8-15(2)16(14)9-10-19-18(20-11-12-24-5)21-13-17(23)22(3)4/h6-8H,9-13H2,1-5H3,(H2,19,20,21). The van der Waals surface area contributed by atoms with E-state index >= 15 is 0 Å². The van der Waals surface area contributed by atoms with Crippen LogP contribution in [0.25, 0.3) is 0 Å². The minimum Gasteiger partial charge on any atom is -0.383 e. The van der Waals surface area contributed by atoms with Crippen molar-refractivity contribution in [2.75, 3.05) is 47.4 Å². The molecule has 1 aromatic rings. The Morgan fingerprint density at radius 1 is 1.17 bits per heavy atom. The molecule has 6 heteroatoms. The van der Waals surface area contributed by atoms with Crippen LogP contribution in [0.1, 0.15) is 16.7 Å². The highest BCUT2D eigenvalue weighted by Crippen LogP contribution is 2.13. The second-order valence-corrected chi connectivity index (χ2v) is 5.92. The van der Waals surface area contributed by atoms with Gasteiger partial charge in [-0.15, -0.1) is 0 Å². The van der Waals surface area contributed by atoms with Gasteiger partial charge in [0, 0.05) is 34.3 Å². The summed E-state index contributed by atoms with van der Waals surface area (Å²) in [6, 6.07) is 6.33. The maximum atomic E-state index is 11.7. The molecule has 0 unspecified atom stereocenters. The first-order chi connectivity index (χ1) is 11.5. The number of hydrogen-bond donors (Lipinski definition) is 2. The zero-order chi connectivity index (χ0) is 17.9. The number of amides is 1. The van der Waals surface area contributed by atoms with Crippen LogP contribution < -0.4 is 10.6 Å². The molecule has 0 fully saturated rings. The van der Waals surface area contributed by atoms with E-state index in [0.29, 0.717) is 19.1 Å². The lowest BCUT2D eigenvalue weighted by atomic mass is 10.0. The Balaban J connectivity index is 2.60. The van der Waals surface area contributed by atoms with Gasteiger partial charge < -0.3 is 20.3 Å². The van der Waals surface area contributed by atoms with E-state index in [4.69, 9.17) is 4.74 Å². The van der Waals surface area contributed by atoms with Crippen molar-refractivity contribution in [3.05, 3.63) is 34.9 Å². The minimum atomic E-state index is -0.0300. The van der Waals surface area contributed by atoms with Gasteiger partial charge in [0.2, 0.25) is 5.91 Å². The highest BCUT2D eigenvalue weighted by atomic mass is 16.5. The average Bonchev–Trinajstić information content (AvgIpc) is 2.54. The second kappa shape index (κ2) is 10.6. The Labute approximate surface area is 145 Å². The average molecular weight is 334 g/mol. The maximum Gasteiger partial charge on any atom is 0.243 e. The molecule has 1 aromatic carbocycles. The number of ether oxygens (including phenoxy) is 1. The van der Waals surface area contributed by atoms with Gasteiger partial charge >= 0.3 is 0 Å². The number of nitrogens with zero attached hydrogens (tertiary/aromatic N) is 2. The predicted octanol–water partition coefficient (Wildman–Crippen LogP) is 1.12. The monoisotopic (exact) mass is 334 g/mol. The van der Waals surface area contributed by atoms with Crippen molar-refractivity contribution in [3.63, 3.8) is 0 Å². The summed E-state index contributed by atoms with van der Waals surface area (Å²) in [6.07, 6.45) is 0.908. The van der Waals surface area contributed by atoms with Crippen LogP contribution in [0, 0.1) is 13.8 Å². The SMILES string of the molecule is COCCNC(=NCC(=O)N(C)C)NCCc1c(C)cccc1C. The zero-order valence-corrected chi connectivity index (χ0v) is 15.5. The molecule has 1 amide bonds. The quantitative estimate of drug-likeness (QED) is 0.425. The van der Waals surface area contributed by atoms with E-state index in [0.717, 1.165) is 13.0 Å². The van der Waals surface area contributed by atoms with Crippen LogP contribution in [-0.2, 0) is 16.0 Å². The van der Waals surface area contributed by atoms with Crippen LogP contribution in [0.5, 0.6) is 0 Å². The number of carbonyl (C=O) groups is 1. The van der Waals surface area contributed by atoms with E-state index in [9.17, 15) is 4.79 Å². The van der Waals surface area contributed by atoms with Crippen molar-refractivity contribution >= 4 is 11.9 Å². The molecule has 134 valence electrons. The lowest BCUT2D eigenvalue weighted by Gasteiger charge is -2.15. The molecule has 6 nitrogen and oxygen atoms in total. The third-order valence-electron chi connectivity index (χ3n) is 3.78. The number of methoxy groups -OCH3 is 1. The molecular weight excluding hydrogens is 304 g/mol. The molecule has 0 spiro atoms. The van der Waals surface area contributed by atoms with Crippen LogP contribution in [-0.4, -0.2) is 64.2 Å². The summed E-state index contributed by atoms with van der Waals surface area (Å²) < 4.78 is 5.04. The first-order valence-electron chi connectivity index (χ1n) is 8.22. The number of benzene rings is 1. The third kappa shape index (κ3) is 7.00. The van der Waals surface area contributed by atoms with E-state index < -0.39 is 0 Å². The van der Waals surface area contributed by atoms with Gasteiger partial charge in [-0.3, -0.25) is 4.79 Å². The molecule has 24 heavy (non-hydrogen) atoms. The van der Waals surface area contributed by atoms with Crippen LogP contribution in [0.2, 0.25) is 0 Å². The first kappa shape index (κ1) is 20.0. The summed E-state index contributed by atoms with van der Waals surface area (Å²) in [4.78, 5) is 17.6. The van der Waals surface area contributed by atoms with Crippen LogP contribution >= 0.6 is 0 Å². The van der Waals surface area contributed by atoms with Gasteiger partial charge in [-0.2, -0.15) is 0 Å². The molecule has 0 aliphatic rings. The lowest BCUT2D eigenvalue weighted by Crippen LogP contribution is -2.41. The number of rotatable bonds is 8. The van der Waals surface area contributed by atoms with Gasteiger partial charge in [-0.1, -0.05) is 18.2 Å². The predicted molar refractivity (Wildman–Crippen MR) is 98.5 cm³/mol. The van der Waals surface area contributed by atoms with E-state index in [1.54, 1.807) is 21.2 Å². The highest BCUT2D eigenvalue weighted by molar-refractivity contribution is 5.84. The number of guanidine groups is 1. The summed E-state index contributed by atoms with van der Waals surface area (Å²) in [5, 5.41) is 6.46. The molecule has 0 aliphatic carbocycles. The molecule has 2 N–H and O–H groups in total. The smallest absolute Gasteiger partial charge is 0.243 e. The van der Waals surface area contributed by atoms with Crippen LogP contribution in [0.15, 0.2) is 23.2 Å². The number of carbonyl (C=O) groups excluding carboxylic acids is 1. The first-order valence-corrected chi connectivity index (χ1v) is 8.22. The lowest BCUT2D eigenvalue weighted by molar-refractivity contribution is -0.127. The fourth-order valence-electron chi connectivity index (χ4n) is 2.28. The van der Waals surface area contributed by atoms with Gasteiger partial charge in [0.05, 0.1) is 6.61 Å². The highest BCUT2D eigenvalue weighted by Gasteiger charge is 2.06. The molecule has 0 heterocycles. The molecule has 0 radical (unpaired) electrons. The molecular formula is C18H30N4O2. The maximum absolute atomic E-state index is 11.7. The summed E-state index contributed by atoms with van der Waals surface area (Å²) in [7, 11) is 5.11. The van der Waals surface area contributed by atoms with Crippen molar-refractivity contribution < 1.29 is 9.53 Å². The Morgan fingerprint density at radius 2 is 1.79 bits per heavy atom. The zero-order valence-electron chi connectivity index (χ0n) is 15.5. The van der Waals surface area contributed by atoms with Crippen LogP contribution in [0.4, 0.5) is 0 Å². The molecule has 0 saturated heterocycles. The third-order valence-corrected chi connectivity index (χ3v) is 3.78. The van der Waals surface area contributed by atoms with Crippen molar-refractivity contribution in [3.8, 4) is 0 Å². The number of hydrogen-bond acceptors (Lipinski definition) is 3. The molecule has 0 aliphatic heterocycles. The summed E-state index contributed by atoms with van der Waals surface area (Å²) in [5.41, 5.74) is 3.95. The second-order valence-electron chi connectivity index (χ2n) is 5.92. The molecule has 0 bridgehead atoms. The number of nitrogens with one attached hydrogen (secondary N) is 2. The Bertz CT molecular complexity index is 536. The number of aryl methyl sites for hydroxylation is 2. The van der Waals surface area contributed by atoms with E-state index in [1.165, 1.54) is 21.6 Å². The van der Waals surface area contributed by atoms with Crippen molar-refractivity contribution in [2.45, 2.75) is 20.3 Å². The Morgan fingerprint density at radius 3 is 2.38 bits per heavy atom.